The van der Waals surface area contributed by atoms with Gasteiger partial charge in [-0.3, -0.25) is 0 Å². The molecule has 33 heavy (non-hydrogen) atoms. The van der Waals surface area contributed by atoms with Gasteiger partial charge in [-0.05, 0) is 65.8 Å². The van der Waals surface area contributed by atoms with Crippen LogP contribution in [-0.4, -0.2) is 29.3 Å². The van der Waals surface area contributed by atoms with E-state index in [2.05, 4.69) is 4.98 Å². The van der Waals surface area contributed by atoms with Crippen molar-refractivity contribution in [1.82, 2.24) is 4.98 Å². The fourth-order valence-corrected chi connectivity index (χ4v) is 5.50. The molecule has 0 bridgehead atoms. The molecule has 0 amide bonds. The second kappa shape index (κ2) is 9.77. The number of aliphatic hydroxyl groups is 1. The van der Waals surface area contributed by atoms with Crippen LogP contribution in [0, 0.1) is 0 Å². The second-order valence-electron chi connectivity index (χ2n) is 8.58. The van der Waals surface area contributed by atoms with E-state index in [1.165, 1.54) is 6.07 Å². The van der Waals surface area contributed by atoms with E-state index in [-0.39, 0.29) is 23.5 Å². The van der Waals surface area contributed by atoms with E-state index in [1.807, 2.05) is 49.1 Å². The Hall–Kier alpha value is -2.51. The zero-order valence-corrected chi connectivity index (χ0v) is 19.5. The molecular formula is C26H27F3N2OS. The first kappa shape index (κ1) is 23.6. The van der Waals surface area contributed by atoms with Crippen molar-refractivity contribution in [3.05, 3.63) is 71.9 Å². The van der Waals surface area contributed by atoms with Crippen LogP contribution in [0.2, 0.25) is 0 Å². The lowest BCUT2D eigenvalue weighted by atomic mass is 10.0. The Bertz CT molecular complexity index is 1120. The number of alkyl halides is 3. The van der Waals surface area contributed by atoms with Crippen molar-refractivity contribution < 1.29 is 18.3 Å². The van der Waals surface area contributed by atoms with Crippen molar-refractivity contribution >= 4 is 17.6 Å². The summed E-state index contributed by atoms with van der Waals surface area (Å²) in [5.41, 5.74) is 1.55. The molecule has 1 aliphatic rings. The third-order valence-corrected chi connectivity index (χ3v) is 7.17. The van der Waals surface area contributed by atoms with E-state index >= 15 is 0 Å². The van der Waals surface area contributed by atoms with Gasteiger partial charge in [-0.2, -0.15) is 13.2 Å². The Morgan fingerprint density at radius 1 is 1.06 bits per heavy atom. The van der Waals surface area contributed by atoms with Gasteiger partial charge in [0.1, 0.15) is 5.82 Å². The van der Waals surface area contributed by atoms with Gasteiger partial charge in [0.2, 0.25) is 0 Å². The number of anilines is 1. The zero-order valence-electron chi connectivity index (χ0n) is 18.6. The average molecular weight is 473 g/mol. The number of hydrogen-bond acceptors (Lipinski definition) is 4. The van der Waals surface area contributed by atoms with Crippen LogP contribution in [0.1, 0.15) is 43.7 Å². The summed E-state index contributed by atoms with van der Waals surface area (Å²) < 4.78 is 42.2. The topological polar surface area (TPSA) is 36.4 Å². The lowest BCUT2D eigenvalue weighted by Gasteiger charge is -2.24. The number of benzene rings is 2. The van der Waals surface area contributed by atoms with E-state index in [1.54, 1.807) is 24.4 Å². The van der Waals surface area contributed by atoms with Crippen LogP contribution in [0.5, 0.6) is 0 Å². The largest absolute Gasteiger partial charge is 0.417 e. The van der Waals surface area contributed by atoms with Crippen molar-refractivity contribution in [1.29, 1.82) is 0 Å². The Morgan fingerprint density at radius 2 is 1.82 bits per heavy atom. The fourth-order valence-electron chi connectivity index (χ4n) is 4.27. The lowest BCUT2D eigenvalue weighted by molar-refractivity contribution is -0.139. The van der Waals surface area contributed by atoms with Gasteiger partial charge in [0.05, 0.1) is 18.2 Å². The molecule has 1 fully saturated rings. The van der Waals surface area contributed by atoms with Crippen molar-refractivity contribution in [2.45, 2.75) is 54.6 Å². The molecule has 3 nitrogen and oxygen atoms in total. The number of aliphatic hydroxyl groups excluding tert-OH is 1. The highest BCUT2D eigenvalue weighted by atomic mass is 32.2. The number of aromatic nitrogens is 1. The van der Waals surface area contributed by atoms with Gasteiger partial charge >= 0.3 is 6.18 Å². The normalized spacial score (nSPS) is 16.6. The van der Waals surface area contributed by atoms with Gasteiger partial charge in [-0.15, -0.1) is 0 Å². The smallest absolute Gasteiger partial charge is 0.394 e. The van der Waals surface area contributed by atoms with Crippen molar-refractivity contribution in [3.8, 4) is 11.1 Å². The molecule has 2 aromatic carbocycles. The maximum atomic E-state index is 14.1. The summed E-state index contributed by atoms with van der Waals surface area (Å²) in [6.07, 6.45) is -1.02. The van der Waals surface area contributed by atoms with Crippen molar-refractivity contribution in [2.75, 3.05) is 18.1 Å². The van der Waals surface area contributed by atoms with E-state index in [4.69, 9.17) is 0 Å². The van der Waals surface area contributed by atoms with Gasteiger partial charge in [-0.1, -0.05) is 49.9 Å². The van der Waals surface area contributed by atoms with E-state index < -0.39 is 11.7 Å². The van der Waals surface area contributed by atoms with Crippen LogP contribution in [0.3, 0.4) is 0 Å². The molecule has 1 N–H and O–H groups in total. The molecule has 7 heteroatoms. The standard InChI is InChI=1S/C26H27F3N2OS/c1-17(2)21-7-3-4-8-23(21)33-24-10-9-18(14-22(24)26(27,28)29)19-11-12-30-25(15-19)31-13-5-6-20(31)16-32/h3-4,7-12,14-15,17,20,32H,5-6,13,16H2,1-2H3/t20-/m0/s1. The summed E-state index contributed by atoms with van der Waals surface area (Å²) >= 11 is 1.16. The third-order valence-electron chi connectivity index (χ3n) is 6.01. The van der Waals surface area contributed by atoms with E-state index in [0.29, 0.717) is 16.9 Å². The molecule has 3 aromatic rings. The van der Waals surface area contributed by atoms with Crippen LogP contribution in [0.25, 0.3) is 11.1 Å². The summed E-state index contributed by atoms with van der Waals surface area (Å²) in [5.74, 6) is 0.896. The summed E-state index contributed by atoms with van der Waals surface area (Å²) in [7, 11) is 0. The molecular weight excluding hydrogens is 445 g/mol. The summed E-state index contributed by atoms with van der Waals surface area (Å²) in [4.78, 5) is 7.46. The average Bonchev–Trinajstić information content (AvgIpc) is 3.28. The first-order chi connectivity index (χ1) is 15.8. The Balaban J connectivity index is 1.71. The predicted molar refractivity (Wildman–Crippen MR) is 127 cm³/mol. The SMILES string of the molecule is CC(C)c1ccccc1Sc1ccc(-c2ccnc(N3CCC[C@H]3CO)c2)cc1C(F)(F)F. The molecule has 0 spiro atoms. The molecule has 0 saturated carbocycles. The minimum Gasteiger partial charge on any atom is -0.394 e. The number of rotatable bonds is 6. The van der Waals surface area contributed by atoms with Gasteiger partial charge in [-0.25, -0.2) is 4.98 Å². The Labute approximate surface area is 196 Å². The molecule has 0 unspecified atom stereocenters. The Kier molecular flexibility index (Phi) is 7.00. The maximum absolute atomic E-state index is 14.1. The third kappa shape index (κ3) is 5.20. The highest BCUT2D eigenvalue weighted by Crippen LogP contribution is 2.43. The lowest BCUT2D eigenvalue weighted by Crippen LogP contribution is -2.32. The van der Waals surface area contributed by atoms with Crippen LogP contribution in [0.15, 0.2) is 70.6 Å². The number of nitrogens with zero attached hydrogens (tertiary/aromatic N) is 2. The maximum Gasteiger partial charge on any atom is 0.417 e. The van der Waals surface area contributed by atoms with E-state index in [9.17, 15) is 18.3 Å². The summed E-state index contributed by atoms with van der Waals surface area (Å²) in [6.45, 7) is 4.89. The molecule has 1 aliphatic heterocycles. The van der Waals surface area contributed by atoms with E-state index in [0.717, 1.165) is 41.6 Å². The molecule has 174 valence electrons. The molecule has 0 radical (unpaired) electrons. The molecule has 2 heterocycles. The van der Waals surface area contributed by atoms with Gasteiger partial charge in [0.25, 0.3) is 0 Å². The van der Waals surface area contributed by atoms with Crippen LogP contribution in [0.4, 0.5) is 19.0 Å². The van der Waals surface area contributed by atoms with Crippen LogP contribution >= 0.6 is 11.8 Å². The molecule has 1 atom stereocenters. The van der Waals surface area contributed by atoms with Gasteiger partial charge < -0.3 is 10.0 Å². The van der Waals surface area contributed by atoms with Gasteiger partial charge in [0, 0.05) is 22.5 Å². The summed E-state index contributed by atoms with van der Waals surface area (Å²) in [6, 6.07) is 15.7. The molecule has 1 saturated heterocycles. The molecule has 1 aromatic heterocycles. The predicted octanol–water partition coefficient (Wildman–Crippen LogP) is 7.00. The van der Waals surface area contributed by atoms with Crippen LogP contribution < -0.4 is 4.90 Å². The second-order valence-corrected chi connectivity index (χ2v) is 9.66. The molecule has 0 aliphatic carbocycles. The zero-order chi connectivity index (χ0) is 23.6. The fraction of sp³-hybridized carbons (Fsp3) is 0.346. The molecule has 4 rings (SSSR count). The van der Waals surface area contributed by atoms with Gasteiger partial charge in [0.15, 0.2) is 0 Å². The quantitative estimate of drug-likeness (QED) is 0.419. The van der Waals surface area contributed by atoms with Crippen molar-refractivity contribution in [3.63, 3.8) is 0 Å². The highest BCUT2D eigenvalue weighted by Gasteiger charge is 2.34. The first-order valence-corrected chi connectivity index (χ1v) is 11.9. The minimum atomic E-state index is -4.47. The number of halogens is 3. The summed E-state index contributed by atoms with van der Waals surface area (Å²) in [5, 5.41) is 9.62. The minimum absolute atomic E-state index is 0.00159. The number of hydrogen-bond donors (Lipinski definition) is 1. The first-order valence-electron chi connectivity index (χ1n) is 11.1. The highest BCUT2D eigenvalue weighted by molar-refractivity contribution is 7.99. The Morgan fingerprint density at radius 3 is 2.55 bits per heavy atom. The number of pyridine rings is 1. The van der Waals surface area contributed by atoms with Crippen molar-refractivity contribution in [2.24, 2.45) is 0 Å². The van der Waals surface area contributed by atoms with Crippen LogP contribution in [-0.2, 0) is 6.18 Å². The monoisotopic (exact) mass is 472 g/mol.